The number of amides is 1. The van der Waals surface area contributed by atoms with Crippen molar-refractivity contribution in [3.8, 4) is 11.5 Å². The molecule has 0 aliphatic carbocycles. The van der Waals surface area contributed by atoms with Crippen LogP contribution in [0.3, 0.4) is 0 Å². The maximum Gasteiger partial charge on any atom is 0.358 e. The van der Waals surface area contributed by atoms with Crippen LogP contribution in [0.5, 0.6) is 11.5 Å². The van der Waals surface area contributed by atoms with E-state index < -0.39 is 17.6 Å². The summed E-state index contributed by atoms with van der Waals surface area (Å²) in [6, 6.07) is 17.6. The number of nitrogens with zero attached hydrogens (tertiary/aromatic N) is 2. The molecule has 8 heteroatoms. The Morgan fingerprint density at radius 2 is 1.60 bits per heavy atom. The van der Waals surface area contributed by atoms with Crippen molar-refractivity contribution in [1.29, 1.82) is 0 Å². The minimum absolute atomic E-state index is 0.0155. The minimum Gasteiger partial charge on any atom is -0.491 e. The molecule has 0 saturated carbocycles. The molecule has 3 rings (SSSR count). The number of rotatable bonds is 8. The van der Waals surface area contributed by atoms with Crippen molar-refractivity contribution in [3.63, 3.8) is 0 Å². The van der Waals surface area contributed by atoms with Crippen molar-refractivity contribution in [2.24, 2.45) is 0 Å². The summed E-state index contributed by atoms with van der Waals surface area (Å²) in [4.78, 5) is 28.0. The molecule has 0 unspecified atom stereocenters. The molecular weight excluding hydrogens is 391 g/mol. The molecule has 0 aliphatic rings. The van der Waals surface area contributed by atoms with Crippen LogP contribution in [0.2, 0.25) is 0 Å². The van der Waals surface area contributed by atoms with E-state index in [2.05, 4.69) is 4.98 Å². The first-order valence-corrected chi connectivity index (χ1v) is 8.99. The number of aromatic carboxylic acids is 1. The number of hydrogen-bond acceptors (Lipinski definition) is 5. The molecule has 2 aromatic carbocycles. The average molecular weight is 410 g/mol. The Bertz CT molecular complexity index is 1030. The van der Waals surface area contributed by atoms with Gasteiger partial charge in [-0.15, -0.1) is 0 Å². The van der Waals surface area contributed by atoms with Gasteiger partial charge in [-0.05, 0) is 11.1 Å². The minimum atomic E-state index is -1.36. The zero-order valence-electron chi connectivity index (χ0n) is 16.1. The first-order chi connectivity index (χ1) is 14.5. The molecule has 7 nitrogen and oxygen atoms in total. The van der Waals surface area contributed by atoms with Crippen molar-refractivity contribution >= 4 is 11.9 Å². The number of methoxy groups -OCH3 is 1. The molecule has 154 valence electrons. The van der Waals surface area contributed by atoms with Gasteiger partial charge in [0, 0.05) is 6.20 Å². The Labute approximate surface area is 172 Å². The molecule has 0 radical (unpaired) electrons. The zero-order chi connectivity index (χ0) is 21.5. The van der Waals surface area contributed by atoms with E-state index in [1.807, 2.05) is 6.07 Å². The number of hydrogen-bond donors (Lipinski definition) is 1. The molecule has 0 atom stereocenters. The summed E-state index contributed by atoms with van der Waals surface area (Å²) in [5.41, 5.74) is 0.673. The summed E-state index contributed by atoms with van der Waals surface area (Å²) >= 11 is 0. The van der Waals surface area contributed by atoms with Gasteiger partial charge >= 0.3 is 5.97 Å². The lowest BCUT2D eigenvalue weighted by Gasteiger charge is -2.18. The fraction of sp³-hybridized carbons (Fsp3) is 0.136. The summed E-state index contributed by atoms with van der Waals surface area (Å²) in [5, 5.41) is 9.39. The normalized spacial score (nSPS) is 10.3. The zero-order valence-corrected chi connectivity index (χ0v) is 16.1. The molecular formula is C22H19FN2O5. The lowest BCUT2D eigenvalue weighted by atomic mass is 10.1. The molecule has 1 N–H and O–H groups in total. The average Bonchev–Trinajstić information content (AvgIpc) is 2.77. The van der Waals surface area contributed by atoms with E-state index >= 15 is 0 Å². The second kappa shape index (κ2) is 9.51. The van der Waals surface area contributed by atoms with Gasteiger partial charge in [0.15, 0.2) is 17.2 Å². The number of ether oxygens (including phenoxy) is 2. The first kappa shape index (κ1) is 20.8. The van der Waals surface area contributed by atoms with Crippen LogP contribution in [-0.2, 0) is 13.2 Å². The van der Waals surface area contributed by atoms with Crippen molar-refractivity contribution in [1.82, 2.24) is 10.1 Å². The van der Waals surface area contributed by atoms with Gasteiger partial charge in [0.1, 0.15) is 12.2 Å². The van der Waals surface area contributed by atoms with Crippen LogP contribution >= 0.6 is 0 Å². The molecule has 0 spiro atoms. The van der Waals surface area contributed by atoms with E-state index in [9.17, 15) is 19.2 Å². The number of carboxylic acid groups (broad SMARTS) is 1. The highest BCUT2D eigenvalue weighted by Crippen LogP contribution is 2.35. The topological polar surface area (TPSA) is 89.0 Å². The van der Waals surface area contributed by atoms with Gasteiger partial charge in [0.2, 0.25) is 0 Å². The van der Waals surface area contributed by atoms with E-state index in [0.717, 1.165) is 11.8 Å². The SMILES string of the molecule is COc1c(C(=O)O)ncc(C(=O)N(F)Cc2ccccc2)c1OCc1ccccc1. The highest BCUT2D eigenvalue weighted by Gasteiger charge is 2.28. The number of pyridine rings is 1. The van der Waals surface area contributed by atoms with Crippen LogP contribution in [0.25, 0.3) is 0 Å². The number of aromatic nitrogens is 1. The van der Waals surface area contributed by atoms with Crippen LogP contribution in [0.1, 0.15) is 32.0 Å². The predicted molar refractivity (Wildman–Crippen MR) is 106 cm³/mol. The van der Waals surface area contributed by atoms with Gasteiger partial charge < -0.3 is 14.6 Å². The summed E-state index contributed by atoms with van der Waals surface area (Å²) in [6.45, 7) is -0.272. The van der Waals surface area contributed by atoms with E-state index in [1.54, 1.807) is 54.6 Å². The predicted octanol–water partition coefficient (Wildman–Crippen LogP) is 3.89. The maximum atomic E-state index is 14.6. The fourth-order valence-corrected chi connectivity index (χ4v) is 2.79. The second-order valence-corrected chi connectivity index (χ2v) is 6.27. The van der Waals surface area contributed by atoms with Crippen molar-refractivity contribution in [2.75, 3.05) is 7.11 Å². The number of carbonyl (C=O) groups is 2. The van der Waals surface area contributed by atoms with E-state index in [-0.39, 0.29) is 35.3 Å². The Morgan fingerprint density at radius 1 is 1.00 bits per heavy atom. The Balaban J connectivity index is 1.95. The third kappa shape index (κ3) is 4.72. The smallest absolute Gasteiger partial charge is 0.358 e. The fourth-order valence-electron chi connectivity index (χ4n) is 2.79. The third-order valence-electron chi connectivity index (χ3n) is 4.24. The van der Waals surface area contributed by atoms with Gasteiger partial charge in [-0.2, -0.15) is 5.12 Å². The third-order valence-corrected chi connectivity index (χ3v) is 4.24. The quantitative estimate of drug-likeness (QED) is 0.567. The molecule has 1 aromatic heterocycles. The van der Waals surface area contributed by atoms with Crippen LogP contribution in [0, 0.1) is 0 Å². The molecule has 0 bridgehead atoms. The number of benzene rings is 2. The van der Waals surface area contributed by atoms with Crippen molar-refractivity contribution in [2.45, 2.75) is 13.2 Å². The van der Waals surface area contributed by atoms with Gasteiger partial charge in [-0.3, -0.25) is 4.79 Å². The summed E-state index contributed by atoms with van der Waals surface area (Å²) in [6.07, 6.45) is 0.978. The maximum absolute atomic E-state index is 14.6. The Hall–Kier alpha value is -3.94. The molecule has 0 fully saturated rings. The number of carboxylic acids is 1. The van der Waals surface area contributed by atoms with Crippen LogP contribution in [0.4, 0.5) is 4.48 Å². The highest BCUT2D eigenvalue weighted by atomic mass is 19.2. The van der Waals surface area contributed by atoms with E-state index in [4.69, 9.17) is 9.47 Å². The van der Waals surface area contributed by atoms with Crippen molar-refractivity contribution < 1.29 is 28.7 Å². The molecule has 0 saturated heterocycles. The monoisotopic (exact) mass is 410 g/mol. The Morgan fingerprint density at radius 3 is 2.17 bits per heavy atom. The second-order valence-electron chi connectivity index (χ2n) is 6.27. The molecule has 1 amide bonds. The lowest BCUT2D eigenvalue weighted by molar-refractivity contribution is 0.0143. The largest absolute Gasteiger partial charge is 0.491 e. The number of carbonyl (C=O) groups excluding carboxylic acids is 1. The molecule has 3 aromatic rings. The van der Waals surface area contributed by atoms with Gasteiger partial charge in [-0.25, -0.2) is 9.78 Å². The first-order valence-electron chi connectivity index (χ1n) is 8.99. The van der Waals surface area contributed by atoms with Crippen LogP contribution in [-0.4, -0.2) is 34.2 Å². The molecule has 1 heterocycles. The number of halogens is 1. The summed E-state index contributed by atoms with van der Waals surface area (Å²) in [7, 11) is 1.23. The Kier molecular flexibility index (Phi) is 6.59. The molecule has 0 aliphatic heterocycles. The highest BCUT2D eigenvalue weighted by molar-refractivity contribution is 5.99. The standard InChI is InChI=1S/C22H19FN2O5/c1-29-20-18(22(27)28)24-12-17(19(20)30-14-16-10-6-3-7-11-16)21(26)25(23)13-15-8-4-2-5-9-15/h2-12H,13-14H2,1H3,(H,27,28). The van der Waals surface area contributed by atoms with Gasteiger partial charge in [0.25, 0.3) is 5.91 Å². The van der Waals surface area contributed by atoms with Crippen LogP contribution < -0.4 is 9.47 Å². The van der Waals surface area contributed by atoms with Gasteiger partial charge in [0.05, 0.1) is 13.7 Å². The summed E-state index contributed by atoms with van der Waals surface area (Å²) in [5.74, 6) is -2.83. The van der Waals surface area contributed by atoms with E-state index in [0.29, 0.717) is 5.56 Å². The lowest BCUT2D eigenvalue weighted by Crippen LogP contribution is -2.24. The van der Waals surface area contributed by atoms with Crippen LogP contribution in [0.15, 0.2) is 66.9 Å². The van der Waals surface area contributed by atoms with E-state index in [1.165, 1.54) is 7.11 Å². The summed E-state index contributed by atoms with van der Waals surface area (Å²) < 4.78 is 25.5. The molecule has 30 heavy (non-hydrogen) atoms. The van der Waals surface area contributed by atoms with Crippen molar-refractivity contribution in [3.05, 3.63) is 89.2 Å². The van der Waals surface area contributed by atoms with Gasteiger partial charge in [-0.1, -0.05) is 65.1 Å².